The van der Waals surface area contributed by atoms with Crippen molar-refractivity contribution in [3.05, 3.63) is 64.0 Å². The van der Waals surface area contributed by atoms with Crippen LogP contribution in [0.25, 0.3) is 6.08 Å². The number of hydrogen-bond donors (Lipinski definition) is 1. The van der Waals surface area contributed by atoms with Crippen LogP contribution >= 0.6 is 23.4 Å². The highest BCUT2D eigenvalue weighted by atomic mass is 35.5. The molecule has 0 saturated carbocycles. The summed E-state index contributed by atoms with van der Waals surface area (Å²) in [4.78, 5) is 25.9. The summed E-state index contributed by atoms with van der Waals surface area (Å²) < 4.78 is 5.53. The summed E-state index contributed by atoms with van der Waals surface area (Å²) in [7, 11) is 0. The van der Waals surface area contributed by atoms with Crippen LogP contribution in [0.2, 0.25) is 5.02 Å². The predicted octanol–water partition coefficient (Wildman–Crippen LogP) is 4.16. The molecule has 0 atom stereocenters. The van der Waals surface area contributed by atoms with Gasteiger partial charge in [0.1, 0.15) is 18.1 Å². The number of amides is 2. The van der Waals surface area contributed by atoms with E-state index in [2.05, 4.69) is 0 Å². The number of nitrogens with zero attached hydrogens (tertiary/aromatic N) is 1. The largest absolute Gasteiger partial charge is 0.506 e. The van der Waals surface area contributed by atoms with Crippen molar-refractivity contribution >= 4 is 40.6 Å². The molecule has 1 heterocycles. The monoisotopic (exact) mass is 375 g/mol. The normalized spacial score (nSPS) is 15.9. The van der Waals surface area contributed by atoms with Gasteiger partial charge in [0, 0.05) is 0 Å². The number of halogens is 1. The summed E-state index contributed by atoms with van der Waals surface area (Å²) in [6.45, 7) is 0.396. The maximum absolute atomic E-state index is 12.4. The molecular formula is C18H14ClNO4S. The zero-order chi connectivity index (χ0) is 17.8. The van der Waals surface area contributed by atoms with Crippen molar-refractivity contribution in [1.82, 2.24) is 4.90 Å². The van der Waals surface area contributed by atoms with Crippen LogP contribution in [0.5, 0.6) is 11.5 Å². The molecule has 3 rings (SSSR count). The number of phenols is 1. The van der Waals surface area contributed by atoms with Crippen LogP contribution in [0.4, 0.5) is 4.79 Å². The lowest BCUT2D eigenvalue weighted by molar-refractivity contribution is -0.123. The minimum Gasteiger partial charge on any atom is -0.506 e. The molecule has 128 valence electrons. The number of carbonyl (C=O) groups is 2. The molecule has 7 heteroatoms. The van der Waals surface area contributed by atoms with Crippen molar-refractivity contribution in [2.24, 2.45) is 0 Å². The van der Waals surface area contributed by atoms with Gasteiger partial charge in [-0.3, -0.25) is 14.5 Å². The highest BCUT2D eigenvalue weighted by molar-refractivity contribution is 8.18. The lowest BCUT2D eigenvalue weighted by Gasteiger charge is -2.13. The molecule has 2 aromatic carbocycles. The SMILES string of the molecule is O=C1S/C(=C\c2ccc(O)c(Cl)c2)C(=O)N1CCOc1ccccc1. The Morgan fingerprint density at radius 1 is 1.16 bits per heavy atom. The van der Waals surface area contributed by atoms with E-state index in [0.717, 1.165) is 16.7 Å². The number of phenolic OH excluding ortho intramolecular Hbond substituents is 1. The topological polar surface area (TPSA) is 66.8 Å². The molecule has 1 N–H and O–H groups in total. The number of para-hydroxylation sites is 1. The number of ether oxygens (including phenoxy) is 1. The van der Waals surface area contributed by atoms with Crippen molar-refractivity contribution in [3.8, 4) is 11.5 Å². The third kappa shape index (κ3) is 4.15. The fraction of sp³-hybridized carbons (Fsp3) is 0.111. The molecule has 1 saturated heterocycles. The second kappa shape index (κ2) is 7.63. The number of thioether (sulfide) groups is 1. The van der Waals surface area contributed by atoms with E-state index in [9.17, 15) is 14.7 Å². The zero-order valence-electron chi connectivity index (χ0n) is 13.0. The fourth-order valence-corrected chi connectivity index (χ4v) is 3.28. The maximum atomic E-state index is 12.4. The molecule has 0 spiro atoms. The van der Waals surface area contributed by atoms with E-state index < -0.39 is 0 Å². The summed E-state index contributed by atoms with van der Waals surface area (Å²) in [6.07, 6.45) is 1.58. The van der Waals surface area contributed by atoms with E-state index in [-0.39, 0.29) is 35.1 Å². The van der Waals surface area contributed by atoms with Gasteiger partial charge in [-0.15, -0.1) is 0 Å². The van der Waals surface area contributed by atoms with Gasteiger partial charge in [0.25, 0.3) is 11.1 Å². The molecule has 1 fully saturated rings. The number of carbonyl (C=O) groups excluding carboxylic acids is 2. The summed E-state index contributed by atoms with van der Waals surface area (Å²) in [5.41, 5.74) is 0.633. The van der Waals surface area contributed by atoms with Gasteiger partial charge in [-0.05, 0) is 47.7 Å². The van der Waals surface area contributed by atoms with Crippen molar-refractivity contribution in [2.75, 3.05) is 13.2 Å². The van der Waals surface area contributed by atoms with E-state index >= 15 is 0 Å². The standard InChI is InChI=1S/C18H14ClNO4S/c19-14-10-12(6-7-15(14)21)11-16-17(22)20(18(23)25-16)8-9-24-13-4-2-1-3-5-13/h1-7,10-11,21H,8-9H2/b16-11-. The van der Waals surface area contributed by atoms with Gasteiger partial charge in [0.15, 0.2) is 0 Å². The van der Waals surface area contributed by atoms with Gasteiger partial charge in [-0.25, -0.2) is 0 Å². The van der Waals surface area contributed by atoms with Gasteiger partial charge in [-0.1, -0.05) is 35.9 Å². The first kappa shape index (κ1) is 17.4. The third-order valence-corrected chi connectivity index (χ3v) is 4.68. The molecule has 1 aliphatic rings. The van der Waals surface area contributed by atoms with E-state index in [1.54, 1.807) is 12.1 Å². The molecule has 0 aliphatic carbocycles. The fourth-order valence-electron chi connectivity index (χ4n) is 2.23. The van der Waals surface area contributed by atoms with Crippen molar-refractivity contribution in [3.63, 3.8) is 0 Å². The smallest absolute Gasteiger partial charge is 0.293 e. The maximum Gasteiger partial charge on any atom is 0.293 e. The van der Waals surface area contributed by atoms with Gasteiger partial charge >= 0.3 is 0 Å². The van der Waals surface area contributed by atoms with Crippen molar-refractivity contribution in [2.45, 2.75) is 0 Å². The summed E-state index contributed by atoms with van der Waals surface area (Å²) in [5, 5.41) is 9.28. The molecule has 2 amide bonds. The first-order chi connectivity index (χ1) is 12.0. The van der Waals surface area contributed by atoms with E-state index in [1.165, 1.54) is 12.1 Å². The number of hydrogen-bond acceptors (Lipinski definition) is 5. The third-order valence-electron chi connectivity index (χ3n) is 3.47. The van der Waals surface area contributed by atoms with Crippen LogP contribution in [0.15, 0.2) is 53.4 Å². The zero-order valence-corrected chi connectivity index (χ0v) is 14.6. The molecular weight excluding hydrogens is 362 g/mol. The quantitative estimate of drug-likeness (QED) is 0.795. The molecule has 0 radical (unpaired) electrons. The van der Waals surface area contributed by atoms with Crippen molar-refractivity contribution in [1.29, 1.82) is 0 Å². The van der Waals surface area contributed by atoms with Crippen LogP contribution in [-0.4, -0.2) is 34.3 Å². The van der Waals surface area contributed by atoms with E-state index in [0.29, 0.717) is 16.2 Å². The first-order valence-corrected chi connectivity index (χ1v) is 8.66. The van der Waals surface area contributed by atoms with E-state index in [4.69, 9.17) is 16.3 Å². The lowest BCUT2D eigenvalue weighted by Crippen LogP contribution is -2.32. The minimum atomic E-state index is -0.365. The van der Waals surface area contributed by atoms with Gasteiger partial charge in [0.05, 0.1) is 16.5 Å². The molecule has 1 aliphatic heterocycles. The molecule has 0 bridgehead atoms. The Morgan fingerprint density at radius 3 is 2.64 bits per heavy atom. The summed E-state index contributed by atoms with van der Waals surface area (Å²) in [5.74, 6) is 0.282. The lowest BCUT2D eigenvalue weighted by atomic mass is 10.2. The average molecular weight is 376 g/mol. The van der Waals surface area contributed by atoms with Gasteiger partial charge in [-0.2, -0.15) is 0 Å². The van der Waals surface area contributed by atoms with Gasteiger partial charge < -0.3 is 9.84 Å². The first-order valence-electron chi connectivity index (χ1n) is 7.46. The number of aromatic hydroxyl groups is 1. The Labute approximate surface area is 153 Å². The Morgan fingerprint density at radius 2 is 1.92 bits per heavy atom. The molecule has 2 aromatic rings. The minimum absolute atomic E-state index is 0.0371. The van der Waals surface area contributed by atoms with Crippen molar-refractivity contribution < 1.29 is 19.4 Å². The summed E-state index contributed by atoms with van der Waals surface area (Å²) in [6, 6.07) is 13.8. The molecule has 0 aromatic heterocycles. The Bertz CT molecular complexity index is 838. The Balaban J connectivity index is 1.65. The second-order valence-corrected chi connectivity index (χ2v) is 6.61. The highest BCUT2D eigenvalue weighted by Crippen LogP contribution is 2.33. The highest BCUT2D eigenvalue weighted by Gasteiger charge is 2.34. The number of benzene rings is 2. The summed E-state index contributed by atoms with van der Waals surface area (Å²) >= 11 is 6.73. The van der Waals surface area contributed by atoms with Crippen LogP contribution < -0.4 is 4.74 Å². The van der Waals surface area contributed by atoms with E-state index in [1.807, 2.05) is 30.3 Å². The Hall–Kier alpha value is -2.44. The second-order valence-electron chi connectivity index (χ2n) is 5.21. The van der Waals surface area contributed by atoms with Crippen LogP contribution in [-0.2, 0) is 4.79 Å². The predicted molar refractivity (Wildman–Crippen MR) is 97.7 cm³/mol. The Kier molecular flexibility index (Phi) is 5.31. The average Bonchev–Trinajstić information content (AvgIpc) is 2.86. The van der Waals surface area contributed by atoms with Crippen LogP contribution in [0.3, 0.4) is 0 Å². The number of rotatable bonds is 5. The molecule has 5 nitrogen and oxygen atoms in total. The molecule has 25 heavy (non-hydrogen) atoms. The number of imide groups is 1. The molecule has 0 unspecified atom stereocenters. The van der Waals surface area contributed by atoms with Gasteiger partial charge in [0.2, 0.25) is 0 Å². The van der Waals surface area contributed by atoms with Crippen LogP contribution in [0.1, 0.15) is 5.56 Å². The van der Waals surface area contributed by atoms with Crippen LogP contribution in [0, 0.1) is 0 Å².